The van der Waals surface area contributed by atoms with Crippen molar-refractivity contribution >= 4 is 40.4 Å². The van der Waals surface area contributed by atoms with Crippen molar-refractivity contribution in [3.05, 3.63) is 88.4 Å². The highest BCUT2D eigenvalue weighted by Crippen LogP contribution is 2.52. The second-order valence-corrected chi connectivity index (χ2v) is 11.2. The number of rotatable bonds is 6. The number of nitrogens with two attached hydrogens (primary N) is 1. The van der Waals surface area contributed by atoms with Gasteiger partial charge < -0.3 is 25.6 Å². The minimum absolute atomic E-state index is 0.0622. The Kier molecular flexibility index (Phi) is 7.43. The first-order valence-corrected chi connectivity index (χ1v) is 13.5. The summed E-state index contributed by atoms with van der Waals surface area (Å²) in [4.78, 5) is 30.3. The molecule has 3 heterocycles. The summed E-state index contributed by atoms with van der Waals surface area (Å²) in [6.07, 6.45) is 3.36. The van der Waals surface area contributed by atoms with Gasteiger partial charge in [0, 0.05) is 44.5 Å². The summed E-state index contributed by atoms with van der Waals surface area (Å²) in [6, 6.07) is 12.0. The number of aromatic nitrogens is 3. The average molecular weight is 567 g/mol. The van der Waals surface area contributed by atoms with Crippen LogP contribution in [0.25, 0.3) is 11.3 Å². The van der Waals surface area contributed by atoms with Crippen LogP contribution in [0.15, 0.2) is 71.6 Å². The van der Waals surface area contributed by atoms with Gasteiger partial charge in [0.25, 0.3) is 0 Å². The topological polar surface area (TPSA) is 118 Å². The number of nitrogens with zero attached hydrogens (tertiary/aromatic N) is 4. The summed E-state index contributed by atoms with van der Waals surface area (Å²) in [7, 11) is 1.54. The van der Waals surface area contributed by atoms with E-state index in [0.717, 1.165) is 11.0 Å². The van der Waals surface area contributed by atoms with Crippen LogP contribution in [0.2, 0.25) is 0 Å². The van der Waals surface area contributed by atoms with E-state index in [1.165, 1.54) is 29.1 Å². The lowest BCUT2D eigenvalue weighted by molar-refractivity contribution is -0.118. The Bertz CT molecular complexity index is 1560. The molecule has 1 amide bonds. The number of carbonyl (C=O) groups excluding carboxylic acids is 1. The number of aliphatic hydroxyl groups is 1. The fraction of sp³-hybridized carbons (Fsp3) is 0.345. The summed E-state index contributed by atoms with van der Waals surface area (Å²) < 4.78 is 18.6. The van der Waals surface area contributed by atoms with E-state index in [-0.39, 0.29) is 40.5 Å². The lowest BCUT2D eigenvalue weighted by Gasteiger charge is -2.39. The predicted octanol–water partition coefficient (Wildman–Crippen LogP) is 3.44. The van der Waals surface area contributed by atoms with Crippen LogP contribution in [0.5, 0.6) is 0 Å². The predicted molar refractivity (Wildman–Crippen MR) is 154 cm³/mol. The highest BCUT2D eigenvalue weighted by atomic mass is 35.5. The molecule has 0 bridgehead atoms. The molecule has 2 aromatic heterocycles. The third-order valence-corrected chi connectivity index (χ3v) is 7.98. The normalized spacial score (nSPS) is 23.1. The van der Waals surface area contributed by atoms with E-state index in [2.05, 4.69) is 10.3 Å². The number of imidazole rings is 1. The summed E-state index contributed by atoms with van der Waals surface area (Å²) in [5, 5.41) is 14.7. The molecule has 1 saturated heterocycles. The van der Waals surface area contributed by atoms with E-state index < -0.39 is 22.5 Å². The zero-order valence-corrected chi connectivity index (χ0v) is 23.3. The highest BCUT2D eigenvalue weighted by Gasteiger charge is 2.50. The Balaban J connectivity index is 1.76. The van der Waals surface area contributed by atoms with Crippen LogP contribution in [0.4, 0.5) is 16.0 Å². The molecule has 0 radical (unpaired) electrons. The fourth-order valence-electron chi connectivity index (χ4n) is 5.11. The Morgan fingerprint density at radius 2 is 1.98 bits per heavy atom. The van der Waals surface area contributed by atoms with Gasteiger partial charge in [-0.2, -0.15) is 0 Å². The largest absolute Gasteiger partial charge is 0.386 e. The van der Waals surface area contributed by atoms with E-state index in [4.69, 9.17) is 17.3 Å². The molecule has 1 aliphatic heterocycles. The number of nitrogens with one attached hydrogen (secondary N) is 1. The van der Waals surface area contributed by atoms with Gasteiger partial charge in [-0.05, 0) is 41.3 Å². The number of hydrogen-bond donors (Lipinski definition) is 3. The Morgan fingerprint density at radius 3 is 2.58 bits per heavy atom. The average Bonchev–Trinajstić information content (AvgIpc) is 3.51. The van der Waals surface area contributed by atoms with Gasteiger partial charge in [0.2, 0.25) is 5.91 Å². The summed E-state index contributed by atoms with van der Waals surface area (Å²) in [6.45, 7) is 4.65. The number of aryl methyl sites for hydroxylation is 1. The number of carbonyl (C=O) groups is 1. The molecule has 2 unspecified atom stereocenters. The van der Waals surface area contributed by atoms with Gasteiger partial charge in [0.05, 0.1) is 5.70 Å². The summed E-state index contributed by atoms with van der Waals surface area (Å²) in [5.74, 6) is -0.722. The molecule has 0 saturated carbocycles. The number of anilines is 2. The number of alkyl halides is 1. The maximum atomic E-state index is 16.2. The van der Waals surface area contributed by atoms with Crippen LogP contribution in [0.1, 0.15) is 31.4 Å². The Morgan fingerprint density at radius 1 is 1.25 bits per heavy atom. The first-order chi connectivity index (χ1) is 19.0. The molecular formula is C29H32ClFN6O3. The van der Waals surface area contributed by atoms with Crippen molar-refractivity contribution in [2.75, 3.05) is 23.3 Å². The maximum absolute atomic E-state index is 16.2. The van der Waals surface area contributed by atoms with Crippen molar-refractivity contribution in [2.45, 2.75) is 37.3 Å². The number of aliphatic hydroxyl groups excluding tert-OH is 1. The third-order valence-electron chi connectivity index (χ3n) is 7.38. The van der Waals surface area contributed by atoms with Gasteiger partial charge >= 0.3 is 5.69 Å². The molecule has 3 atom stereocenters. The molecular weight excluding hydrogens is 535 g/mol. The molecule has 210 valence electrons. The lowest BCUT2D eigenvalue weighted by Crippen LogP contribution is -2.43. The van der Waals surface area contributed by atoms with Crippen LogP contribution in [0, 0.1) is 5.92 Å². The van der Waals surface area contributed by atoms with Crippen LogP contribution in [0.3, 0.4) is 0 Å². The number of halogens is 2. The standard InChI is InChI=1S/C29H32ClFN6O3/c1-17(2)27(39)34-23-13-19(14-24(33-23)36-10-9-20(32)16-36)29(30)25(37-12-11-35(3)28(37)40)22(31)15-21(26(29)38)18-7-5-4-6-8-18/h4-8,11-15,17,20,26,38H,9-10,16,32H2,1-3H3,(H,33,34,39)/t20?,26-,29?/m0/s1. The van der Waals surface area contributed by atoms with Gasteiger partial charge in [-0.1, -0.05) is 44.2 Å². The molecule has 3 aromatic rings. The first-order valence-electron chi connectivity index (χ1n) is 13.1. The van der Waals surface area contributed by atoms with Gasteiger partial charge in [0.15, 0.2) is 0 Å². The van der Waals surface area contributed by atoms with Crippen LogP contribution in [-0.4, -0.2) is 50.4 Å². The van der Waals surface area contributed by atoms with Gasteiger partial charge in [-0.15, -0.1) is 11.6 Å². The quantitative estimate of drug-likeness (QED) is 0.393. The number of amides is 1. The second-order valence-electron chi connectivity index (χ2n) is 10.6. The van der Waals surface area contributed by atoms with E-state index in [1.807, 2.05) is 11.0 Å². The van der Waals surface area contributed by atoms with Crippen molar-refractivity contribution in [1.82, 2.24) is 14.1 Å². The molecule has 9 nitrogen and oxygen atoms in total. The van der Waals surface area contributed by atoms with Gasteiger partial charge in [0.1, 0.15) is 28.4 Å². The van der Waals surface area contributed by atoms with E-state index in [0.29, 0.717) is 24.5 Å². The maximum Gasteiger partial charge on any atom is 0.332 e. The Hall–Kier alpha value is -3.73. The minimum atomic E-state index is -1.98. The molecule has 0 spiro atoms. The van der Waals surface area contributed by atoms with E-state index in [1.54, 1.807) is 51.2 Å². The number of benzene rings is 1. The summed E-state index contributed by atoms with van der Waals surface area (Å²) in [5.41, 5.74) is 6.46. The van der Waals surface area contributed by atoms with Crippen LogP contribution in [-0.2, 0) is 16.7 Å². The number of hydrogen-bond acceptors (Lipinski definition) is 6. The van der Waals surface area contributed by atoms with Crippen molar-refractivity contribution in [3.63, 3.8) is 0 Å². The van der Waals surface area contributed by atoms with Crippen molar-refractivity contribution in [2.24, 2.45) is 18.7 Å². The first kappa shape index (κ1) is 27.8. The van der Waals surface area contributed by atoms with Crippen molar-refractivity contribution in [3.8, 4) is 0 Å². The molecule has 1 fully saturated rings. The van der Waals surface area contributed by atoms with Gasteiger partial charge in [-0.3, -0.25) is 9.36 Å². The van der Waals surface area contributed by atoms with E-state index in [9.17, 15) is 14.7 Å². The minimum Gasteiger partial charge on any atom is -0.386 e. The molecule has 40 heavy (non-hydrogen) atoms. The SMILES string of the molecule is CC(C)C(=O)Nc1cc(C2(Cl)C(n3ccn(C)c3=O)=C(F)C=C(c3ccccc3)[C@@H]2O)cc(N2CCC(N)C2)n1. The smallest absolute Gasteiger partial charge is 0.332 e. The number of pyridine rings is 1. The molecule has 2 aliphatic rings. The second kappa shape index (κ2) is 10.7. The van der Waals surface area contributed by atoms with E-state index >= 15 is 4.39 Å². The zero-order chi connectivity index (χ0) is 28.8. The van der Waals surface area contributed by atoms with Crippen molar-refractivity contribution in [1.29, 1.82) is 0 Å². The number of allylic oxidation sites excluding steroid dienone is 2. The molecule has 4 N–H and O–H groups in total. The van der Waals surface area contributed by atoms with Gasteiger partial charge in [-0.25, -0.2) is 14.2 Å². The fourth-order valence-corrected chi connectivity index (χ4v) is 5.52. The third kappa shape index (κ3) is 4.87. The van der Waals surface area contributed by atoms with Crippen molar-refractivity contribution < 1.29 is 14.3 Å². The molecule has 1 aromatic carbocycles. The highest BCUT2D eigenvalue weighted by molar-refractivity contribution is 6.31. The molecule has 11 heteroatoms. The molecule has 5 rings (SSSR count). The Labute approximate surface area is 236 Å². The molecule has 1 aliphatic carbocycles. The monoisotopic (exact) mass is 566 g/mol. The zero-order valence-electron chi connectivity index (χ0n) is 22.5. The van der Waals surface area contributed by atoms with Crippen LogP contribution < -0.4 is 21.6 Å². The summed E-state index contributed by atoms with van der Waals surface area (Å²) >= 11 is 7.41. The lowest BCUT2D eigenvalue weighted by atomic mass is 9.79. The van der Waals surface area contributed by atoms with Crippen LogP contribution >= 0.6 is 11.6 Å².